The first-order chi connectivity index (χ1) is 7.20. The molecule has 0 bridgehead atoms. The highest BCUT2D eigenvalue weighted by Gasteiger charge is 2.27. The first-order valence-electron chi connectivity index (χ1n) is 4.68. The molecule has 1 fully saturated rings. The Kier molecular flexibility index (Phi) is 2.65. The van der Waals surface area contributed by atoms with Gasteiger partial charge in [-0.1, -0.05) is 0 Å². The van der Waals surface area contributed by atoms with Gasteiger partial charge in [-0.25, -0.2) is 9.67 Å². The molecule has 2 unspecified atom stereocenters. The summed E-state index contributed by atoms with van der Waals surface area (Å²) in [6.45, 7) is -0.00608. The minimum absolute atomic E-state index is 0.00608. The van der Waals surface area contributed by atoms with E-state index in [1.54, 1.807) is 0 Å². The Bertz CT molecular complexity index is 365. The van der Waals surface area contributed by atoms with E-state index in [4.69, 9.17) is 15.6 Å². The van der Waals surface area contributed by atoms with Crippen LogP contribution >= 0.6 is 0 Å². The smallest absolute Gasteiger partial charge is 0.288 e. The molecule has 3 N–H and O–H groups in total. The molecule has 2 atom stereocenters. The summed E-state index contributed by atoms with van der Waals surface area (Å²) in [4.78, 5) is 14.5. The number of amides is 1. The van der Waals surface area contributed by atoms with Crippen LogP contribution in [0.4, 0.5) is 0 Å². The first-order valence-corrected chi connectivity index (χ1v) is 4.68. The Hall–Kier alpha value is -1.47. The van der Waals surface area contributed by atoms with E-state index in [0.29, 0.717) is 0 Å². The van der Waals surface area contributed by atoms with E-state index >= 15 is 0 Å². The second kappa shape index (κ2) is 3.95. The highest BCUT2D eigenvalue weighted by molar-refractivity contribution is 5.88. The molecule has 82 valence electrons. The third-order valence-corrected chi connectivity index (χ3v) is 2.31. The second-order valence-electron chi connectivity index (χ2n) is 3.39. The summed E-state index contributed by atoms with van der Waals surface area (Å²) < 4.78 is 6.90. The lowest BCUT2D eigenvalue weighted by Gasteiger charge is -2.11. The van der Waals surface area contributed by atoms with Crippen LogP contribution in [-0.4, -0.2) is 38.5 Å². The molecule has 1 aliphatic heterocycles. The van der Waals surface area contributed by atoms with Crippen LogP contribution in [0.15, 0.2) is 6.33 Å². The molecule has 1 aliphatic rings. The van der Waals surface area contributed by atoms with Crippen molar-refractivity contribution in [2.75, 3.05) is 6.61 Å². The molecule has 1 aromatic rings. The predicted molar refractivity (Wildman–Crippen MR) is 48.8 cm³/mol. The summed E-state index contributed by atoms with van der Waals surface area (Å²) in [6.07, 6.45) is 2.50. The number of carbonyl (C=O) groups is 1. The molecule has 0 aromatic carbocycles. The molecule has 7 nitrogen and oxygen atoms in total. The number of nitrogens with zero attached hydrogens (tertiary/aromatic N) is 3. The fourth-order valence-electron chi connectivity index (χ4n) is 1.54. The van der Waals surface area contributed by atoms with Gasteiger partial charge in [0, 0.05) is 0 Å². The fourth-order valence-corrected chi connectivity index (χ4v) is 1.54. The van der Waals surface area contributed by atoms with Gasteiger partial charge in [-0.2, -0.15) is 0 Å². The molecule has 15 heavy (non-hydrogen) atoms. The van der Waals surface area contributed by atoms with Crippen LogP contribution in [0.3, 0.4) is 0 Å². The van der Waals surface area contributed by atoms with Gasteiger partial charge in [-0.3, -0.25) is 4.79 Å². The molecule has 0 spiro atoms. The average molecular weight is 212 g/mol. The molecule has 1 aromatic heterocycles. The van der Waals surface area contributed by atoms with Gasteiger partial charge in [0.15, 0.2) is 6.23 Å². The van der Waals surface area contributed by atoms with Gasteiger partial charge in [-0.15, -0.1) is 5.10 Å². The number of hydrogen-bond donors (Lipinski definition) is 2. The van der Waals surface area contributed by atoms with Gasteiger partial charge in [0.25, 0.3) is 5.91 Å². The van der Waals surface area contributed by atoms with Crippen LogP contribution in [0.2, 0.25) is 0 Å². The van der Waals surface area contributed by atoms with Gasteiger partial charge >= 0.3 is 0 Å². The van der Waals surface area contributed by atoms with E-state index in [1.807, 2.05) is 0 Å². The largest absolute Gasteiger partial charge is 0.394 e. The van der Waals surface area contributed by atoms with E-state index in [2.05, 4.69) is 10.1 Å². The van der Waals surface area contributed by atoms with Gasteiger partial charge < -0.3 is 15.6 Å². The Morgan fingerprint density at radius 1 is 1.73 bits per heavy atom. The summed E-state index contributed by atoms with van der Waals surface area (Å²) in [7, 11) is 0. The summed E-state index contributed by atoms with van der Waals surface area (Å²) in [6, 6.07) is 0. The van der Waals surface area contributed by atoms with Crippen LogP contribution in [0.1, 0.15) is 29.7 Å². The summed E-state index contributed by atoms with van der Waals surface area (Å²) in [5.74, 6) is -0.684. The maximum atomic E-state index is 10.8. The van der Waals surface area contributed by atoms with Crippen LogP contribution in [0.5, 0.6) is 0 Å². The minimum Gasteiger partial charge on any atom is -0.394 e. The number of aliphatic hydroxyl groups excluding tert-OH is 1. The zero-order valence-electron chi connectivity index (χ0n) is 8.04. The van der Waals surface area contributed by atoms with E-state index in [-0.39, 0.29) is 24.8 Å². The third kappa shape index (κ3) is 1.97. The third-order valence-electron chi connectivity index (χ3n) is 2.31. The lowest BCUT2D eigenvalue weighted by molar-refractivity contribution is -0.0284. The number of primary amides is 1. The van der Waals surface area contributed by atoms with E-state index in [9.17, 15) is 4.79 Å². The molecule has 1 saturated heterocycles. The molecule has 2 heterocycles. The molecule has 0 aliphatic carbocycles. The SMILES string of the molecule is NC(=O)c1ncn(C2CCC(CO)O2)n1. The monoisotopic (exact) mass is 212 g/mol. The van der Waals surface area contributed by atoms with Crippen molar-refractivity contribution in [3.05, 3.63) is 12.2 Å². The summed E-state index contributed by atoms with van der Waals surface area (Å²) in [5.41, 5.74) is 5.02. The number of aromatic nitrogens is 3. The summed E-state index contributed by atoms with van der Waals surface area (Å²) >= 11 is 0. The van der Waals surface area contributed by atoms with Gasteiger partial charge in [0.1, 0.15) is 6.33 Å². The van der Waals surface area contributed by atoms with Crippen molar-refractivity contribution in [2.45, 2.75) is 25.2 Å². The molecule has 1 amide bonds. The van der Waals surface area contributed by atoms with Gasteiger partial charge in [0.05, 0.1) is 12.7 Å². The van der Waals surface area contributed by atoms with Crippen molar-refractivity contribution >= 4 is 5.91 Å². The quantitative estimate of drug-likeness (QED) is 0.672. The predicted octanol–water partition coefficient (Wildman–Crippen LogP) is -0.953. The van der Waals surface area contributed by atoms with Crippen molar-refractivity contribution in [1.82, 2.24) is 14.8 Å². The van der Waals surface area contributed by atoms with Crippen LogP contribution in [0.25, 0.3) is 0 Å². The van der Waals surface area contributed by atoms with E-state index in [1.165, 1.54) is 11.0 Å². The van der Waals surface area contributed by atoms with Gasteiger partial charge in [-0.05, 0) is 12.8 Å². The Morgan fingerprint density at radius 2 is 2.53 bits per heavy atom. The number of ether oxygens (including phenoxy) is 1. The second-order valence-corrected chi connectivity index (χ2v) is 3.39. The standard InChI is InChI=1S/C8H12N4O3/c9-7(14)8-10-4-12(11-8)6-2-1-5(3-13)15-6/h4-6,13H,1-3H2,(H2,9,14). The molecular formula is C8H12N4O3. The first kappa shape index (κ1) is 10.1. The van der Waals surface area contributed by atoms with Crippen molar-refractivity contribution in [3.63, 3.8) is 0 Å². The minimum atomic E-state index is -0.662. The Morgan fingerprint density at radius 3 is 3.07 bits per heavy atom. The highest BCUT2D eigenvalue weighted by atomic mass is 16.5. The maximum Gasteiger partial charge on any atom is 0.288 e. The highest BCUT2D eigenvalue weighted by Crippen LogP contribution is 2.26. The lowest BCUT2D eigenvalue weighted by atomic mass is 10.2. The van der Waals surface area contributed by atoms with Crippen molar-refractivity contribution in [3.8, 4) is 0 Å². The Balaban J connectivity index is 2.07. The number of aliphatic hydroxyl groups is 1. The van der Waals surface area contributed by atoms with Crippen molar-refractivity contribution in [2.24, 2.45) is 5.73 Å². The van der Waals surface area contributed by atoms with E-state index < -0.39 is 5.91 Å². The topological polar surface area (TPSA) is 103 Å². The van der Waals surface area contributed by atoms with Crippen LogP contribution < -0.4 is 5.73 Å². The zero-order chi connectivity index (χ0) is 10.8. The number of nitrogens with two attached hydrogens (primary N) is 1. The zero-order valence-corrected chi connectivity index (χ0v) is 8.04. The van der Waals surface area contributed by atoms with E-state index in [0.717, 1.165) is 12.8 Å². The Labute approximate surface area is 85.9 Å². The van der Waals surface area contributed by atoms with Crippen LogP contribution in [0, 0.1) is 0 Å². The van der Waals surface area contributed by atoms with Crippen molar-refractivity contribution < 1.29 is 14.6 Å². The number of rotatable bonds is 3. The molecule has 0 radical (unpaired) electrons. The fraction of sp³-hybridized carbons (Fsp3) is 0.625. The maximum absolute atomic E-state index is 10.8. The number of hydrogen-bond acceptors (Lipinski definition) is 5. The normalized spacial score (nSPS) is 25.7. The van der Waals surface area contributed by atoms with Gasteiger partial charge in [0.2, 0.25) is 5.82 Å². The van der Waals surface area contributed by atoms with Crippen molar-refractivity contribution in [1.29, 1.82) is 0 Å². The molecule has 0 saturated carbocycles. The summed E-state index contributed by atoms with van der Waals surface area (Å²) in [5, 5.41) is 12.8. The molecular weight excluding hydrogens is 200 g/mol. The average Bonchev–Trinajstić information content (AvgIpc) is 2.86. The molecule has 7 heteroatoms. The number of carbonyl (C=O) groups excluding carboxylic acids is 1. The van der Waals surface area contributed by atoms with Crippen LogP contribution in [-0.2, 0) is 4.74 Å². The lowest BCUT2D eigenvalue weighted by Crippen LogP contribution is -2.16. The molecule has 2 rings (SSSR count).